The molecular weight excluding hydrogens is 375 g/mol. The lowest BCUT2D eigenvalue weighted by molar-refractivity contribution is -0.134. The molecule has 2 heterocycles. The van der Waals surface area contributed by atoms with Gasteiger partial charge in [0, 0.05) is 38.0 Å². The van der Waals surface area contributed by atoms with Gasteiger partial charge >= 0.3 is 0 Å². The molecule has 0 bridgehead atoms. The van der Waals surface area contributed by atoms with Crippen molar-refractivity contribution in [3.63, 3.8) is 0 Å². The van der Waals surface area contributed by atoms with Crippen LogP contribution in [0, 0.1) is 5.82 Å². The molecule has 2 aromatic rings. The summed E-state index contributed by atoms with van der Waals surface area (Å²) in [6.07, 6.45) is 0.220. The van der Waals surface area contributed by atoms with Crippen LogP contribution in [0.2, 0.25) is 0 Å². The average Bonchev–Trinajstić information content (AvgIpc) is 2.77. The highest BCUT2D eigenvalue weighted by Gasteiger charge is 2.28. The molecule has 1 fully saturated rings. The third kappa shape index (κ3) is 4.40. The molecular formula is C22H23FN2O4. The fourth-order valence-electron chi connectivity index (χ4n) is 3.74. The van der Waals surface area contributed by atoms with E-state index in [9.17, 15) is 14.0 Å². The van der Waals surface area contributed by atoms with Crippen LogP contribution in [0.1, 0.15) is 34.8 Å². The first kappa shape index (κ1) is 19.4. The molecule has 1 atom stereocenters. The molecule has 1 saturated heterocycles. The number of piperazine rings is 1. The molecule has 2 aliphatic heterocycles. The highest BCUT2D eigenvalue weighted by Crippen LogP contribution is 2.31. The predicted molar refractivity (Wildman–Crippen MR) is 105 cm³/mol. The number of benzene rings is 2. The number of rotatable bonds is 5. The summed E-state index contributed by atoms with van der Waals surface area (Å²) in [5, 5.41) is 3.25. The molecule has 0 spiro atoms. The minimum absolute atomic E-state index is 0.105. The van der Waals surface area contributed by atoms with Crippen molar-refractivity contribution in [2.24, 2.45) is 0 Å². The van der Waals surface area contributed by atoms with Crippen molar-refractivity contribution in [1.29, 1.82) is 0 Å². The number of halogens is 1. The molecule has 1 N–H and O–H groups in total. The molecule has 0 aromatic heterocycles. The number of hydrogen-bond acceptors (Lipinski definition) is 5. The third-order valence-corrected chi connectivity index (χ3v) is 5.23. The van der Waals surface area contributed by atoms with Crippen LogP contribution >= 0.6 is 0 Å². The first-order chi connectivity index (χ1) is 14.1. The van der Waals surface area contributed by atoms with Gasteiger partial charge in [-0.2, -0.15) is 0 Å². The van der Waals surface area contributed by atoms with E-state index in [4.69, 9.17) is 9.47 Å². The molecule has 7 heteroatoms. The fourth-order valence-corrected chi connectivity index (χ4v) is 3.74. The Hall–Kier alpha value is -2.93. The number of hydrogen-bond donors (Lipinski definition) is 1. The van der Waals surface area contributed by atoms with Gasteiger partial charge in [0.15, 0.2) is 17.3 Å². The minimum atomic E-state index is -0.325. The van der Waals surface area contributed by atoms with Crippen molar-refractivity contribution in [2.75, 3.05) is 32.8 Å². The van der Waals surface area contributed by atoms with Crippen LogP contribution in [0.4, 0.5) is 4.39 Å². The first-order valence-electron chi connectivity index (χ1n) is 9.80. The molecule has 0 radical (unpaired) electrons. The van der Waals surface area contributed by atoms with Gasteiger partial charge in [-0.25, -0.2) is 4.39 Å². The number of nitrogens with one attached hydrogen (secondary N) is 1. The predicted octanol–water partition coefficient (Wildman–Crippen LogP) is 2.73. The molecule has 152 valence electrons. The van der Waals surface area contributed by atoms with Gasteiger partial charge in [0.05, 0.1) is 6.04 Å². The Labute approximate surface area is 168 Å². The largest absolute Gasteiger partial charge is 0.486 e. The van der Waals surface area contributed by atoms with Gasteiger partial charge in [-0.3, -0.25) is 9.59 Å². The lowest BCUT2D eigenvalue weighted by Gasteiger charge is -2.36. The molecule has 0 saturated carbocycles. The smallest absolute Gasteiger partial charge is 0.223 e. The minimum Gasteiger partial charge on any atom is -0.486 e. The van der Waals surface area contributed by atoms with Crippen molar-refractivity contribution in [3.05, 3.63) is 59.4 Å². The Kier molecular flexibility index (Phi) is 5.76. The molecule has 1 unspecified atom stereocenters. The van der Waals surface area contributed by atoms with Crippen molar-refractivity contribution >= 4 is 11.7 Å². The van der Waals surface area contributed by atoms with E-state index in [1.54, 1.807) is 29.2 Å². The maximum atomic E-state index is 13.6. The van der Waals surface area contributed by atoms with Gasteiger partial charge < -0.3 is 19.7 Å². The van der Waals surface area contributed by atoms with Crippen LogP contribution in [0.25, 0.3) is 0 Å². The Morgan fingerprint density at radius 2 is 1.90 bits per heavy atom. The number of fused-ring (bicyclic) bond motifs is 1. The Balaban J connectivity index is 1.41. The van der Waals surface area contributed by atoms with Crippen LogP contribution in [0.5, 0.6) is 11.5 Å². The monoisotopic (exact) mass is 398 g/mol. The summed E-state index contributed by atoms with van der Waals surface area (Å²) in [6, 6.07) is 11.2. The van der Waals surface area contributed by atoms with E-state index in [2.05, 4.69) is 5.32 Å². The molecule has 1 amide bonds. The second kappa shape index (κ2) is 8.61. The maximum absolute atomic E-state index is 13.6. The average molecular weight is 398 g/mol. The van der Waals surface area contributed by atoms with E-state index in [-0.39, 0.29) is 36.4 Å². The summed E-state index contributed by atoms with van der Waals surface area (Å²) in [4.78, 5) is 27.2. The van der Waals surface area contributed by atoms with Gasteiger partial charge in [-0.15, -0.1) is 0 Å². The van der Waals surface area contributed by atoms with E-state index in [1.165, 1.54) is 12.1 Å². The van der Waals surface area contributed by atoms with E-state index in [0.29, 0.717) is 49.9 Å². The van der Waals surface area contributed by atoms with E-state index in [0.717, 1.165) is 5.56 Å². The second-order valence-corrected chi connectivity index (χ2v) is 7.14. The Morgan fingerprint density at radius 3 is 2.72 bits per heavy atom. The highest BCUT2D eigenvalue weighted by atomic mass is 19.1. The van der Waals surface area contributed by atoms with Crippen LogP contribution in [-0.4, -0.2) is 49.4 Å². The summed E-state index contributed by atoms with van der Waals surface area (Å²) < 4.78 is 24.6. The van der Waals surface area contributed by atoms with E-state index < -0.39 is 0 Å². The van der Waals surface area contributed by atoms with Gasteiger partial charge in [0.2, 0.25) is 5.91 Å². The lowest BCUT2D eigenvalue weighted by atomic mass is 10.0. The van der Waals surface area contributed by atoms with Gasteiger partial charge in [-0.05, 0) is 35.9 Å². The summed E-state index contributed by atoms with van der Waals surface area (Å²) >= 11 is 0. The number of nitrogens with zero attached hydrogens (tertiary/aromatic N) is 1. The zero-order valence-corrected chi connectivity index (χ0v) is 16.0. The Morgan fingerprint density at radius 1 is 1.07 bits per heavy atom. The lowest BCUT2D eigenvalue weighted by Crippen LogP contribution is -2.48. The van der Waals surface area contributed by atoms with Gasteiger partial charge in [0.1, 0.15) is 19.0 Å². The standard InChI is InChI=1S/C22H23FN2O4/c23-17-3-1-2-15(12-17)18-14-24-8-9-25(18)22(27)7-5-19(26)16-4-6-20-21(13-16)29-11-10-28-20/h1-4,6,12-13,18,24H,5,7-11,14H2. The number of carbonyl (C=O) groups excluding carboxylic acids is 2. The SMILES string of the molecule is O=C(CCC(=O)N1CCNCC1c1cccc(F)c1)c1ccc2c(c1)OCCO2. The zero-order chi connectivity index (χ0) is 20.2. The maximum Gasteiger partial charge on any atom is 0.223 e. The molecule has 2 aromatic carbocycles. The van der Waals surface area contributed by atoms with Crippen LogP contribution < -0.4 is 14.8 Å². The second-order valence-electron chi connectivity index (χ2n) is 7.14. The van der Waals surface area contributed by atoms with Crippen molar-refractivity contribution < 1.29 is 23.5 Å². The molecule has 29 heavy (non-hydrogen) atoms. The summed E-state index contributed by atoms with van der Waals surface area (Å²) in [5.41, 5.74) is 1.26. The fraction of sp³-hybridized carbons (Fsp3) is 0.364. The van der Waals surface area contributed by atoms with E-state index in [1.807, 2.05) is 6.07 Å². The highest BCUT2D eigenvalue weighted by molar-refractivity contribution is 5.98. The number of amides is 1. The summed E-state index contributed by atoms with van der Waals surface area (Å²) in [6.45, 7) is 2.71. The zero-order valence-electron chi connectivity index (χ0n) is 16.0. The van der Waals surface area contributed by atoms with Crippen LogP contribution in [0.15, 0.2) is 42.5 Å². The van der Waals surface area contributed by atoms with Crippen LogP contribution in [-0.2, 0) is 4.79 Å². The molecule has 2 aliphatic rings. The normalized spacial score (nSPS) is 18.4. The van der Waals surface area contributed by atoms with Crippen molar-refractivity contribution in [1.82, 2.24) is 10.2 Å². The summed E-state index contributed by atoms with van der Waals surface area (Å²) in [7, 11) is 0. The third-order valence-electron chi connectivity index (χ3n) is 5.23. The van der Waals surface area contributed by atoms with Gasteiger partial charge in [0.25, 0.3) is 0 Å². The van der Waals surface area contributed by atoms with Crippen molar-refractivity contribution in [2.45, 2.75) is 18.9 Å². The number of ether oxygens (including phenoxy) is 2. The Bertz CT molecular complexity index is 917. The molecule has 0 aliphatic carbocycles. The number of ketones is 1. The quantitative estimate of drug-likeness (QED) is 0.785. The van der Waals surface area contributed by atoms with Crippen molar-refractivity contribution in [3.8, 4) is 11.5 Å². The van der Waals surface area contributed by atoms with E-state index >= 15 is 0 Å². The topological polar surface area (TPSA) is 67.9 Å². The molecule has 4 rings (SSSR count). The number of Topliss-reactive ketones (excluding diaryl/α,β-unsaturated/α-hetero) is 1. The van der Waals surface area contributed by atoms with Crippen LogP contribution in [0.3, 0.4) is 0 Å². The van der Waals surface area contributed by atoms with Gasteiger partial charge in [-0.1, -0.05) is 12.1 Å². The number of carbonyl (C=O) groups is 2. The summed E-state index contributed by atoms with van der Waals surface area (Å²) in [5.74, 6) is 0.637. The molecule has 6 nitrogen and oxygen atoms in total. The first-order valence-corrected chi connectivity index (χ1v) is 9.80.